The first kappa shape index (κ1) is 16.3. The Bertz CT molecular complexity index is 873. The number of methoxy groups -OCH3 is 1. The molecule has 2 aromatic rings. The number of esters is 1. The zero-order valence-corrected chi connectivity index (χ0v) is 13.0. The van der Waals surface area contributed by atoms with Gasteiger partial charge in [0.05, 0.1) is 28.7 Å². The second-order valence-electron chi connectivity index (χ2n) is 5.27. The number of amides is 2. The standard InChI is InChI=1S/C17H12N2O6/c1-25-17(22)14(12-8-4-5-9-13(12)19(23)24)18-15(20)10-6-2-3-7-11(10)16(18)21/h2-9,14H,1H3/t14-/m1/s1. The van der Waals surface area contributed by atoms with Crippen molar-refractivity contribution >= 4 is 23.5 Å². The van der Waals surface area contributed by atoms with E-state index in [9.17, 15) is 24.5 Å². The number of rotatable bonds is 4. The maximum atomic E-state index is 12.7. The van der Waals surface area contributed by atoms with Crippen LogP contribution < -0.4 is 0 Å². The summed E-state index contributed by atoms with van der Waals surface area (Å²) >= 11 is 0. The largest absolute Gasteiger partial charge is 0.467 e. The summed E-state index contributed by atoms with van der Waals surface area (Å²) in [7, 11) is 1.09. The number of imide groups is 1. The van der Waals surface area contributed by atoms with Gasteiger partial charge in [0.15, 0.2) is 6.04 Å². The van der Waals surface area contributed by atoms with Gasteiger partial charge in [-0.25, -0.2) is 4.79 Å². The molecule has 0 aromatic heterocycles. The molecule has 8 nitrogen and oxygen atoms in total. The minimum absolute atomic E-state index is 0.0890. The van der Waals surface area contributed by atoms with E-state index in [-0.39, 0.29) is 22.4 Å². The summed E-state index contributed by atoms with van der Waals surface area (Å²) in [5.74, 6) is -2.34. The van der Waals surface area contributed by atoms with Crippen LogP contribution in [0.3, 0.4) is 0 Å². The second-order valence-corrected chi connectivity index (χ2v) is 5.27. The van der Waals surface area contributed by atoms with Gasteiger partial charge in [-0.15, -0.1) is 0 Å². The molecule has 2 aromatic carbocycles. The van der Waals surface area contributed by atoms with Crippen LogP contribution in [-0.4, -0.2) is 34.7 Å². The summed E-state index contributed by atoms with van der Waals surface area (Å²) in [6.45, 7) is 0. The molecule has 0 fully saturated rings. The fourth-order valence-corrected chi connectivity index (χ4v) is 2.81. The highest BCUT2D eigenvalue weighted by atomic mass is 16.6. The first-order valence-electron chi connectivity index (χ1n) is 7.25. The van der Waals surface area contributed by atoms with E-state index in [4.69, 9.17) is 4.74 Å². The Balaban J connectivity index is 2.17. The number of ether oxygens (including phenoxy) is 1. The van der Waals surface area contributed by atoms with Gasteiger partial charge in [0.2, 0.25) is 0 Å². The number of fused-ring (bicyclic) bond motifs is 1. The van der Waals surface area contributed by atoms with E-state index in [1.165, 1.54) is 36.4 Å². The van der Waals surface area contributed by atoms with Crippen LogP contribution in [0.5, 0.6) is 0 Å². The van der Waals surface area contributed by atoms with Gasteiger partial charge in [0.1, 0.15) is 0 Å². The average molecular weight is 340 g/mol. The van der Waals surface area contributed by atoms with Crippen molar-refractivity contribution in [2.24, 2.45) is 0 Å². The highest BCUT2D eigenvalue weighted by molar-refractivity contribution is 6.22. The molecule has 25 heavy (non-hydrogen) atoms. The molecule has 0 aliphatic carbocycles. The lowest BCUT2D eigenvalue weighted by molar-refractivity contribution is -0.385. The van der Waals surface area contributed by atoms with E-state index in [2.05, 4.69) is 0 Å². The fourth-order valence-electron chi connectivity index (χ4n) is 2.81. The van der Waals surface area contributed by atoms with Gasteiger partial charge >= 0.3 is 5.97 Å². The molecule has 1 atom stereocenters. The van der Waals surface area contributed by atoms with Crippen LogP contribution in [0.2, 0.25) is 0 Å². The first-order chi connectivity index (χ1) is 12.0. The molecular formula is C17H12N2O6. The molecule has 0 N–H and O–H groups in total. The van der Waals surface area contributed by atoms with Crippen molar-refractivity contribution in [1.29, 1.82) is 0 Å². The van der Waals surface area contributed by atoms with Crippen molar-refractivity contribution in [2.45, 2.75) is 6.04 Å². The molecule has 126 valence electrons. The summed E-state index contributed by atoms with van der Waals surface area (Å²) in [6.07, 6.45) is 0. The van der Waals surface area contributed by atoms with Gasteiger partial charge < -0.3 is 4.74 Å². The van der Waals surface area contributed by atoms with Gasteiger partial charge in [0, 0.05) is 6.07 Å². The van der Waals surface area contributed by atoms with Gasteiger partial charge in [-0.3, -0.25) is 24.6 Å². The zero-order valence-electron chi connectivity index (χ0n) is 13.0. The molecule has 1 aliphatic rings. The summed E-state index contributed by atoms with van der Waals surface area (Å²) in [6, 6.07) is 9.99. The molecule has 0 saturated carbocycles. The topological polar surface area (TPSA) is 107 Å². The predicted molar refractivity (Wildman–Crippen MR) is 84.8 cm³/mol. The van der Waals surface area contributed by atoms with Crippen molar-refractivity contribution in [3.8, 4) is 0 Å². The normalized spacial score (nSPS) is 14.2. The van der Waals surface area contributed by atoms with Gasteiger partial charge in [0.25, 0.3) is 17.5 Å². The fraction of sp³-hybridized carbons (Fsp3) is 0.118. The van der Waals surface area contributed by atoms with E-state index >= 15 is 0 Å². The number of nitrogens with zero attached hydrogens (tertiary/aromatic N) is 2. The van der Waals surface area contributed by atoms with Crippen LogP contribution in [0.15, 0.2) is 48.5 Å². The Hall–Kier alpha value is -3.55. The summed E-state index contributed by atoms with van der Waals surface area (Å²) in [4.78, 5) is 49.0. The van der Waals surface area contributed by atoms with Gasteiger partial charge in [-0.05, 0) is 18.2 Å². The van der Waals surface area contributed by atoms with E-state index in [1.807, 2.05) is 0 Å². The lowest BCUT2D eigenvalue weighted by Gasteiger charge is -2.24. The molecular weight excluding hydrogens is 328 g/mol. The molecule has 1 heterocycles. The smallest absolute Gasteiger partial charge is 0.334 e. The number of carbonyl (C=O) groups excluding carboxylic acids is 3. The minimum Gasteiger partial charge on any atom is -0.467 e. The summed E-state index contributed by atoms with van der Waals surface area (Å²) in [5, 5.41) is 11.3. The van der Waals surface area contributed by atoms with Crippen LogP contribution in [-0.2, 0) is 9.53 Å². The van der Waals surface area contributed by atoms with Crippen molar-refractivity contribution in [1.82, 2.24) is 4.90 Å². The van der Waals surface area contributed by atoms with Crippen LogP contribution in [0.4, 0.5) is 5.69 Å². The molecule has 8 heteroatoms. The zero-order chi connectivity index (χ0) is 18.1. The first-order valence-corrected chi connectivity index (χ1v) is 7.25. The minimum atomic E-state index is -1.54. The van der Waals surface area contributed by atoms with E-state index in [0.717, 1.165) is 7.11 Å². The number of nitro groups is 1. The third-order valence-electron chi connectivity index (χ3n) is 3.94. The Kier molecular flexibility index (Phi) is 4.02. The van der Waals surface area contributed by atoms with E-state index in [1.54, 1.807) is 12.1 Å². The van der Waals surface area contributed by atoms with Crippen molar-refractivity contribution in [3.05, 3.63) is 75.3 Å². The maximum absolute atomic E-state index is 12.7. The highest BCUT2D eigenvalue weighted by Crippen LogP contribution is 2.35. The Morgan fingerprint density at radius 3 is 2.08 bits per heavy atom. The molecule has 0 saturated heterocycles. The number of para-hydroxylation sites is 1. The van der Waals surface area contributed by atoms with Crippen molar-refractivity contribution < 1.29 is 24.0 Å². The molecule has 0 spiro atoms. The number of carbonyl (C=O) groups is 3. The number of hydrogen-bond donors (Lipinski definition) is 0. The molecule has 0 radical (unpaired) electrons. The van der Waals surface area contributed by atoms with E-state index in [0.29, 0.717) is 4.90 Å². The lowest BCUT2D eigenvalue weighted by Crippen LogP contribution is -2.39. The Labute approximate surface area is 141 Å². The quantitative estimate of drug-likeness (QED) is 0.365. The van der Waals surface area contributed by atoms with Crippen molar-refractivity contribution in [2.75, 3.05) is 7.11 Å². The molecule has 3 rings (SSSR count). The van der Waals surface area contributed by atoms with Crippen LogP contribution in [0.1, 0.15) is 32.3 Å². The third kappa shape index (κ3) is 2.53. The Morgan fingerprint density at radius 1 is 1.04 bits per heavy atom. The molecule has 0 bridgehead atoms. The summed E-state index contributed by atoms with van der Waals surface area (Å²) in [5.41, 5.74) is -0.191. The summed E-state index contributed by atoms with van der Waals surface area (Å²) < 4.78 is 4.70. The van der Waals surface area contributed by atoms with Crippen LogP contribution >= 0.6 is 0 Å². The highest BCUT2D eigenvalue weighted by Gasteiger charge is 2.45. The number of benzene rings is 2. The van der Waals surface area contributed by atoms with E-state index < -0.39 is 28.7 Å². The second kappa shape index (κ2) is 6.16. The van der Waals surface area contributed by atoms with Crippen LogP contribution in [0, 0.1) is 10.1 Å². The van der Waals surface area contributed by atoms with Crippen LogP contribution in [0.25, 0.3) is 0 Å². The monoisotopic (exact) mass is 340 g/mol. The van der Waals surface area contributed by atoms with Gasteiger partial charge in [-0.1, -0.05) is 24.3 Å². The number of hydrogen-bond acceptors (Lipinski definition) is 6. The average Bonchev–Trinajstić information content (AvgIpc) is 2.87. The maximum Gasteiger partial charge on any atom is 0.334 e. The number of nitro benzene ring substituents is 1. The SMILES string of the molecule is COC(=O)[C@@H](c1ccccc1[N+](=O)[O-])N1C(=O)c2ccccc2C1=O. The molecule has 0 unspecified atom stereocenters. The van der Waals surface area contributed by atoms with Crippen molar-refractivity contribution in [3.63, 3.8) is 0 Å². The lowest BCUT2D eigenvalue weighted by atomic mass is 10.0. The van der Waals surface area contributed by atoms with Gasteiger partial charge in [-0.2, -0.15) is 0 Å². The Morgan fingerprint density at radius 2 is 1.56 bits per heavy atom. The molecule has 2 amide bonds. The third-order valence-corrected chi connectivity index (χ3v) is 3.94. The molecule has 1 aliphatic heterocycles. The predicted octanol–water partition coefficient (Wildman–Crippen LogP) is 2.11.